The number of nitrogens with zero attached hydrogens (tertiary/aromatic N) is 2. The molecule has 1 aliphatic heterocycles. The van der Waals surface area contributed by atoms with Crippen LogP contribution in [-0.2, 0) is 11.3 Å². The molecule has 1 amide bonds. The number of Topliss-reactive ketones (excluding diaryl/α,β-unsaturated/α-hetero) is 1. The Morgan fingerprint density at radius 1 is 1.32 bits per heavy atom. The molecule has 2 heterocycles. The predicted molar refractivity (Wildman–Crippen MR) is 99.9 cm³/mol. The van der Waals surface area contributed by atoms with E-state index in [2.05, 4.69) is 22.1 Å². The first kappa shape index (κ1) is 17.8. The zero-order valence-corrected chi connectivity index (χ0v) is 15.4. The van der Waals surface area contributed by atoms with E-state index in [9.17, 15) is 9.59 Å². The fourth-order valence-corrected chi connectivity index (χ4v) is 3.78. The van der Waals surface area contributed by atoms with E-state index >= 15 is 0 Å². The molecule has 1 atom stereocenters. The number of piperidine rings is 1. The third kappa shape index (κ3) is 4.74. The van der Waals surface area contributed by atoms with Crippen molar-refractivity contribution in [3.63, 3.8) is 0 Å². The predicted octanol–water partition coefficient (Wildman–Crippen LogP) is 3.50. The summed E-state index contributed by atoms with van der Waals surface area (Å²) in [5.41, 5.74) is 2.38. The van der Waals surface area contributed by atoms with Crippen LogP contribution in [-0.4, -0.2) is 34.7 Å². The second-order valence-corrected chi connectivity index (χ2v) is 7.63. The summed E-state index contributed by atoms with van der Waals surface area (Å²) in [4.78, 5) is 31.2. The van der Waals surface area contributed by atoms with Crippen molar-refractivity contribution in [2.75, 3.05) is 18.4 Å². The van der Waals surface area contributed by atoms with Gasteiger partial charge in [-0.2, -0.15) is 0 Å². The van der Waals surface area contributed by atoms with Crippen molar-refractivity contribution in [1.82, 2.24) is 9.88 Å². The molecule has 1 aromatic carbocycles. The Labute approximate surface area is 152 Å². The number of amides is 1. The minimum atomic E-state index is -0.642. The third-order valence-electron chi connectivity index (χ3n) is 4.42. The zero-order valence-electron chi connectivity index (χ0n) is 14.6. The Morgan fingerprint density at radius 3 is 2.80 bits per heavy atom. The summed E-state index contributed by atoms with van der Waals surface area (Å²) in [5, 5.41) is 5.05. The number of benzene rings is 1. The average Bonchev–Trinajstić information content (AvgIpc) is 3.01. The molecule has 1 aromatic heterocycles. The van der Waals surface area contributed by atoms with Gasteiger partial charge in [0.05, 0.1) is 5.69 Å². The third-order valence-corrected chi connectivity index (χ3v) is 5.23. The molecule has 5 nitrogen and oxygen atoms in total. The van der Waals surface area contributed by atoms with Crippen LogP contribution in [0, 0.1) is 12.8 Å². The lowest BCUT2D eigenvalue weighted by molar-refractivity contribution is -0.112. The SMILES string of the molecule is Cc1ccc(C(=O)C(=O)Nc2nc(CN3CCCC(C)C3)cs2)cc1. The maximum absolute atomic E-state index is 12.2. The lowest BCUT2D eigenvalue weighted by atomic mass is 10.0. The number of carbonyl (C=O) groups is 2. The van der Waals surface area contributed by atoms with Gasteiger partial charge in [0.1, 0.15) is 0 Å². The van der Waals surface area contributed by atoms with E-state index in [0.29, 0.717) is 10.7 Å². The summed E-state index contributed by atoms with van der Waals surface area (Å²) >= 11 is 1.36. The Kier molecular flexibility index (Phi) is 5.60. The van der Waals surface area contributed by atoms with Crippen molar-refractivity contribution >= 4 is 28.2 Å². The van der Waals surface area contributed by atoms with Crippen LogP contribution >= 0.6 is 11.3 Å². The molecule has 1 unspecified atom stereocenters. The number of likely N-dealkylation sites (tertiary alicyclic amines) is 1. The summed E-state index contributed by atoms with van der Waals surface area (Å²) in [6.45, 7) is 7.19. The van der Waals surface area contributed by atoms with Gasteiger partial charge < -0.3 is 0 Å². The molecule has 0 saturated carbocycles. The van der Waals surface area contributed by atoms with Crippen LogP contribution in [0.5, 0.6) is 0 Å². The number of hydrogen-bond donors (Lipinski definition) is 1. The number of hydrogen-bond acceptors (Lipinski definition) is 5. The molecule has 1 fully saturated rings. The van der Waals surface area contributed by atoms with E-state index in [0.717, 1.165) is 36.8 Å². The highest BCUT2D eigenvalue weighted by Crippen LogP contribution is 2.21. The fourth-order valence-electron chi connectivity index (χ4n) is 3.09. The number of nitrogens with one attached hydrogen (secondary N) is 1. The first-order chi connectivity index (χ1) is 12.0. The van der Waals surface area contributed by atoms with Gasteiger partial charge >= 0.3 is 0 Å². The van der Waals surface area contributed by atoms with Crippen molar-refractivity contribution in [3.05, 3.63) is 46.5 Å². The van der Waals surface area contributed by atoms with Crippen molar-refractivity contribution in [2.24, 2.45) is 5.92 Å². The summed E-state index contributed by atoms with van der Waals surface area (Å²) < 4.78 is 0. The van der Waals surface area contributed by atoms with Gasteiger partial charge in [0.2, 0.25) is 0 Å². The van der Waals surface area contributed by atoms with Crippen LogP contribution in [0.25, 0.3) is 0 Å². The lowest BCUT2D eigenvalue weighted by Crippen LogP contribution is -2.33. The van der Waals surface area contributed by atoms with Crippen LogP contribution in [0.15, 0.2) is 29.6 Å². The molecular formula is C19H23N3O2S. The van der Waals surface area contributed by atoms with Gasteiger partial charge in [-0.15, -0.1) is 11.3 Å². The molecule has 0 radical (unpaired) electrons. The molecule has 1 N–H and O–H groups in total. The summed E-state index contributed by atoms with van der Waals surface area (Å²) in [5.74, 6) is -0.461. The average molecular weight is 357 g/mol. The second-order valence-electron chi connectivity index (χ2n) is 6.78. The van der Waals surface area contributed by atoms with Crippen LogP contribution in [0.1, 0.15) is 41.4 Å². The van der Waals surface area contributed by atoms with Crippen LogP contribution in [0.3, 0.4) is 0 Å². The van der Waals surface area contributed by atoms with E-state index in [1.165, 1.54) is 24.2 Å². The van der Waals surface area contributed by atoms with Crippen molar-refractivity contribution in [2.45, 2.75) is 33.2 Å². The van der Waals surface area contributed by atoms with Crippen molar-refractivity contribution in [3.8, 4) is 0 Å². The Bertz CT molecular complexity index is 754. The van der Waals surface area contributed by atoms with Gasteiger partial charge in [0, 0.05) is 24.0 Å². The van der Waals surface area contributed by atoms with Crippen LogP contribution in [0.2, 0.25) is 0 Å². The number of thiazole rings is 1. The molecule has 25 heavy (non-hydrogen) atoms. The van der Waals surface area contributed by atoms with E-state index in [1.807, 2.05) is 24.4 Å². The Morgan fingerprint density at radius 2 is 2.08 bits per heavy atom. The van der Waals surface area contributed by atoms with Crippen molar-refractivity contribution < 1.29 is 9.59 Å². The Balaban J connectivity index is 1.58. The number of aryl methyl sites for hydroxylation is 1. The molecule has 6 heteroatoms. The number of carbonyl (C=O) groups excluding carboxylic acids is 2. The number of ketones is 1. The van der Waals surface area contributed by atoms with E-state index in [1.54, 1.807) is 12.1 Å². The zero-order chi connectivity index (χ0) is 17.8. The smallest absolute Gasteiger partial charge is 0.297 e. The van der Waals surface area contributed by atoms with Gasteiger partial charge in [0.15, 0.2) is 5.13 Å². The monoisotopic (exact) mass is 357 g/mol. The first-order valence-electron chi connectivity index (χ1n) is 8.60. The largest absolute Gasteiger partial charge is 0.298 e. The van der Waals surface area contributed by atoms with Crippen LogP contribution < -0.4 is 5.32 Å². The maximum atomic E-state index is 12.2. The second kappa shape index (κ2) is 7.89. The highest BCUT2D eigenvalue weighted by molar-refractivity contribution is 7.14. The fraction of sp³-hybridized carbons (Fsp3) is 0.421. The van der Waals surface area contributed by atoms with E-state index < -0.39 is 11.7 Å². The lowest BCUT2D eigenvalue weighted by Gasteiger charge is -2.30. The van der Waals surface area contributed by atoms with Crippen molar-refractivity contribution in [1.29, 1.82) is 0 Å². The van der Waals surface area contributed by atoms with Crippen LogP contribution in [0.4, 0.5) is 5.13 Å². The molecule has 2 aromatic rings. The van der Waals surface area contributed by atoms with Gasteiger partial charge in [0.25, 0.3) is 11.7 Å². The van der Waals surface area contributed by atoms with E-state index in [-0.39, 0.29) is 0 Å². The van der Waals surface area contributed by atoms with Gasteiger partial charge in [-0.3, -0.25) is 19.8 Å². The number of rotatable bonds is 5. The quantitative estimate of drug-likeness (QED) is 0.657. The molecule has 3 rings (SSSR count). The Hall–Kier alpha value is -2.05. The minimum Gasteiger partial charge on any atom is -0.297 e. The number of anilines is 1. The molecule has 1 saturated heterocycles. The topological polar surface area (TPSA) is 62.3 Å². The first-order valence-corrected chi connectivity index (χ1v) is 9.48. The normalized spacial score (nSPS) is 18.1. The summed E-state index contributed by atoms with van der Waals surface area (Å²) in [6.07, 6.45) is 2.51. The maximum Gasteiger partial charge on any atom is 0.298 e. The van der Waals surface area contributed by atoms with Gasteiger partial charge in [-0.05, 0) is 32.2 Å². The highest BCUT2D eigenvalue weighted by atomic mass is 32.1. The molecular weight excluding hydrogens is 334 g/mol. The standard InChI is InChI=1S/C19H23N3O2S/c1-13-5-7-15(8-6-13)17(23)18(24)21-19-20-16(12-25-19)11-22-9-3-4-14(2)10-22/h5-8,12,14H,3-4,9-11H2,1-2H3,(H,20,21,24). The molecule has 0 aliphatic carbocycles. The minimum absolute atomic E-state index is 0.391. The molecule has 0 spiro atoms. The van der Waals surface area contributed by atoms with E-state index in [4.69, 9.17) is 0 Å². The summed E-state index contributed by atoms with van der Waals surface area (Å²) in [6, 6.07) is 6.98. The molecule has 132 valence electrons. The van der Waals surface area contributed by atoms with Gasteiger partial charge in [-0.25, -0.2) is 4.98 Å². The highest BCUT2D eigenvalue weighted by Gasteiger charge is 2.19. The van der Waals surface area contributed by atoms with Gasteiger partial charge in [-0.1, -0.05) is 36.8 Å². The molecule has 1 aliphatic rings. The summed E-state index contributed by atoms with van der Waals surface area (Å²) in [7, 11) is 0. The molecule has 0 bridgehead atoms. The number of aromatic nitrogens is 1.